The van der Waals surface area contributed by atoms with Crippen molar-refractivity contribution in [1.82, 2.24) is 0 Å². The number of esters is 1. The molecule has 0 aromatic heterocycles. The lowest BCUT2D eigenvalue weighted by molar-refractivity contribution is -0.148. The predicted molar refractivity (Wildman–Crippen MR) is 91.1 cm³/mol. The predicted octanol–water partition coefficient (Wildman–Crippen LogP) is 4.06. The largest absolute Gasteiger partial charge is 0.449 e. The first-order valence-electron chi connectivity index (χ1n) is 7.15. The second kappa shape index (κ2) is 8.26. The number of halogens is 2. The zero-order valence-electron chi connectivity index (χ0n) is 12.8. The summed E-state index contributed by atoms with van der Waals surface area (Å²) in [5.74, 6) is -1.59. The van der Waals surface area contributed by atoms with Gasteiger partial charge in [0.25, 0.3) is 5.91 Å². The molecule has 0 fully saturated rings. The van der Waals surface area contributed by atoms with Crippen LogP contribution in [0.25, 0.3) is 6.08 Å². The number of amides is 1. The van der Waals surface area contributed by atoms with Gasteiger partial charge in [0, 0.05) is 16.8 Å². The number of hydrogen-bond donors (Lipinski definition) is 1. The van der Waals surface area contributed by atoms with Crippen molar-refractivity contribution in [1.29, 1.82) is 0 Å². The topological polar surface area (TPSA) is 55.4 Å². The van der Waals surface area contributed by atoms with Crippen LogP contribution in [-0.2, 0) is 14.3 Å². The third-order valence-corrected chi connectivity index (χ3v) is 3.42. The van der Waals surface area contributed by atoms with Crippen molar-refractivity contribution in [2.24, 2.45) is 0 Å². The van der Waals surface area contributed by atoms with E-state index in [1.165, 1.54) is 43.3 Å². The molecule has 4 nitrogen and oxygen atoms in total. The second-order valence-corrected chi connectivity index (χ2v) is 5.34. The molecule has 2 rings (SSSR count). The lowest BCUT2D eigenvalue weighted by atomic mass is 10.2. The SMILES string of the molecule is C[C@@H](OC(=O)/C=C/c1ccccc1Cl)C(=O)Nc1ccc(F)cc1. The fraction of sp³-hybridized carbons (Fsp3) is 0.111. The highest BCUT2D eigenvalue weighted by atomic mass is 35.5. The third-order valence-electron chi connectivity index (χ3n) is 3.08. The normalized spacial score (nSPS) is 12.0. The van der Waals surface area contributed by atoms with E-state index < -0.39 is 23.8 Å². The van der Waals surface area contributed by atoms with Crippen LogP contribution in [0.5, 0.6) is 0 Å². The molecule has 0 aliphatic rings. The first-order valence-corrected chi connectivity index (χ1v) is 7.53. The van der Waals surface area contributed by atoms with E-state index in [-0.39, 0.29) is 0 Å². The summed E-state index contributed by atoms with van der Waals surface area (Å²) >= 11 is 5.97. The quantitative estimate of drug-likeness (QED) is 0.655. The Morgan fingerprint density at radius 3 is 2.50 bits per heavy atom. The van der Waals surface area contributed by atoms with Gasteiger partial charge in [-0.25, -0.2) is 9.18 Å². The van der Waals surface area contributed by atoms with Gasteiger partial charge in [-0.2, -0.15) is 0 Å². The molecule has 24 heavy (non-hydrogen) atoms. The molecule has 0 heterocycles. The minimum absolute atomic E-state index is 0.405. The van der Waals surface area contributed by atoms with Gasteiger partial charge in [-0.05, 0) is 48.9 Å². The third kappa shape index (κ3) is 5.21. The van der Waals surface area contributed by atoms with Crippen LogP contribution in [0.3, 0.4) is 0 Å². The highest BCUT2D eigenvalue weighted by Crippen LogP contribution is 2.16. The molecule has 2 aromatic rings. The minimum Gasteiger partial charge on any atom is -0.449 e. The maximum Gasteiger partial charge on any atom is 0.331 e. The molecule has 0 radical (unpaired) electrons. The summed E-state index contributed by atoms with van der Waals surface area (Å²) in [6.45, 7) is 1.44. The number of carbonyl (C=O) groups is 2. The number of rotatable bonds is 5. The highest BCUT2D eigenvalue weighted by molar-refractivity contribution is 6.32. The van der Waals surface area contributed by atoms with E-state index in [1.807, 2.05) is 0 Å². The van der Waals surface area contributed by atoms with E-state index in [9.17, 15) is 14.0 Å². The van der Waals surface area contributed by atoms with Crippen LogP contribution in [0, 0.1) is 5.82 Å². The Bertz CT molecular complexity index is 759. The molecule has 0 aliphatic heterocycles. The van der Waals surface area contributed by atoms with Gasteiger partial charge in [0.05, 0.1) is 0 Å². The summed E-state index contributed by atoms with van der Waals surface area (Å²) in [4.78, 5) is 23.7. The van der Waals surface area contributed by atoms with E-state index in [0.717, 1.165) is 0 Å². The second-order valence-electron chi connectivity index (χ2n) is 4.93. The summed E-state index contributed by atoms with van der Waals surface area (Å²) < 4.78 is 17.8. The lowest BCUT2D eigenvalue weighted by Crippen LogP contribution is -2.29. The van der Waals surface area contributed by atoms with Crippen molar-refractivity contribution >= 4 is 35.2 Å². The molecule has 1 amide bonds. The maximum absolute atomic E-state index is 12.8. The Balaban J connectivity index is 1.90. The fourth-order valence-corrected chi connectivity index (χ4v) is 2.01. The van der Waals surface area contributed by atoms with Gasteiger partial charge in [-0.1, -0.05) is 29.8 Å². The summed E-state index contributed by atoms with van der Waals surface area (Å²) in [5.41, 5.74) is 1.08. The number of benzene rings is 2. The fourth-order valence-electron chi connectivity index (χ4n) is 1.81. The number of nitrogens with one attached hydrogen (secondary N) is 1. The van der Waals surface area contributed by atoms with Crippen LogP contribution in [0.1, 0.15) is 12.5 Å². The average molecular weight is 348 g/mol. The van der Waals surface area contributed by atoms with Crippen molar-refractivity contribution in [3.8, 4) is 0 Å². The van der Waals surface area contributed by atoms with Crippen molar-refractivity contribution in [2.75, 3.05) is 5.32 Å². The van der Waals surface area contributed by atoms with Gasteiger partial charge in [-0.15, -0.1) is 0 Å². The molecule has 124 valence electrons. The Morgan fingerprint density at radius 2 is 1.83 bits per heavy atom. The van der Waals surface area contributed by atoms with Crippen LogP contribution in [0.2, 0.25) is 5.02 Å². The molecule has 1 N–H and O–H groups in total. The monoisotopic (exact) mass is 347 g/mol. The van der Waals surface area contributed by atoms with Crippen molar-refractivity contribution in [2.45, 2.75) is 13.0 Å². The molecule has 6 heteroatoms. The molecule has 0 bridgehead atoms. The number of ether oxygens (including phenoxy) is 1. The van der Waals surface area contributed by atoms with Crippen LogP contribution in [0.4, 0.5) is 10.1 Å². The maximum atomic E-state index is 12.8. The summed E-state index contributed by atoms with van der Waals surface area (Å²) in [6.07, 6.45) is 1.71. The molecular formula is C18H15ClFNO3. The Labute approximate surface area is 143 Å². The van der Waals surface area contributed by atoms with Crippen LogP contribution in [-0.4, -0.2) is 18.0 Å². The smallest absolute Gasteiger partial charge is 0.331 e. The van der Waals surface area contributed by atoms with Crippen LogP contribution in [0.15, 0.2) is 54.6 Å². The van der Waals surface area contributed by atoms with E-state index in [0.29, 0.717) is 16.3 Å². The highest BCUT2D eigenvalue weighted by Gasteiger charge is 2.16. The summed E-state index contributed by atoms with van der Waals surface area (Å²) in [5, 5.41) is 3.03. The zero-order chi connectivity index (χ0) is 17.5. The lowest BCUT2D eigenvalue weighted by Gasteiger charge is -2.12. The molecule has 0 spiro atoms. The molecule has 2 aromatic carbocycles. The molecule has 0 saturated heterocycles. The van der Waals surface area contributed by atoms with E-state index in [4.69, 9.17) is 16.3 Å². The minimum atomic E-state index is -1.00. The molecule has 0 saturated carbocycles. The number of anilines is 1. The number of hydrogen-bond acceptors (Lipinski definition) is 3. The van der Waals surface area contributed by atoms with Gasteiger partial charge < -0.3 is 10.1 Å². The van der Waals surface area contributed by atoms with Crippen molar-refractivity contribution in [3.63, 3.8) is 0 Å². The average Bonchev–Trinajstić information content (AvgIpc) is 2.56. The molecule has 0 aliphatic carbocycles. The summed E-state index contributed by atoms with van der Waals surface area (Å²) in [7, 11) is 0. The van der Waals surface area contributed by atoms with Gasteiger partial charge in [0.15, 0.2) is 6.10 Å². The molecule has 1 atom stereocenters. The van der Waals surface area contributed by atoms with Crippen molar-refractivity contribution in [3.05, 3.63) is 71.0 Å². The standard InChI is InChI=1S/C18H15ClFNO3/c1-12(18(23)21-15-9-7-14(20)8-10-15)24-17(22)11-6-13-4-2-3-5-16(13)19/h2-12H,1H3,(H,21,23)/b11-6+/t12-/m1/s1. The van der Waals surface area contributed by atoms with E-state index in [1.54, 1.807) is 24.3 Å². The van der Waals surface area contributed by atoms with Crippen molar-refractivity contribution < 1.29 is 18.7 Å². The van der Waals surface area contributed by atoms with Gasteiger partial charge in [0.2, 0.25) is 0 Å². The van der Waals surface area contributed by atoms with Gasteiger partial charge >= 0.3 is 5.97 Å². The van der Waals surface area contributed by atoms with Crippen LogP contribution >= 0.6 is 11.6 Å². The zero-order valence-corrected chi connectivity index (χ0v) is 13.6. The van der Waals surface area contributed by atoms with Gasteiger partial charge in [-0.3, -0.25) is 4.79 Å². The van der Waals surface area contributed by atoms with Crippen LogP contribution < -0.4 is 5.32 Å². The summed E-state index contributed by atoms with van der Waals surface area (Å²) in [6, 6.07) is 12.3. The molecular weight excluding hydrogens is 333 g/mol. The Morgan fingerprint density at radius 1 is 1.17 bits per heavy atom. The van der Waals surface area contributed by atoms with Gasteiger partial charge in [0.1, 0.15) is 5.82 Å². The first kappa shape index (κ1) is 17.7. The Kier molecular flexibility index (Phi) is 6.09. The number of carbonyl (C=O) groups excluding carboxylic acids is 2. The van der Waals surface area contributed by atoms with E-state index >= 15 is 0 Å². The first-order chi connectivity index (χ1) is 11.5. The molecule has 0 unspecified atom stereocenters. The Hall–Kier alpha value is -2.66. The van der Waals surface area contributed by atoms with E-state index in [2.05, 4.69) is 5.32 Å².